The first-order valence-electron chi connectivity index (χ1n) is 12.3. The van der Waals surface area contributed by atoms with Gasteiger partial charge in [-0.15, -0.1) is 0 Å². The molecule has 2 aromatic heterocycles. The number of hydrogen-bond donors (Lipinski definition) is 2. The van der Waals surface area contributed by atoms with Crippen molar-refractivity contribution in [2.24, 2.45) is 4.99 Å². The Morgan fingerprint density at radius 1 is 1.09 bits per heavy atom. The fourth-order valence-electron chi connectivity index (χ4n) is 5.68. The number of benzene rings is 1. The van der Waals surface area contributed by atoms with Gasteiger partial charge in [-0.1, -0.05) is 18.9 Å². The Bertz CT molecular complexity index is 1330. The maximum atomic E-state index is 13.8. The molecule has 0 radical (unpaired) electrons. The molecular weight excluding hydrogens is 440 g/mol. The summed E-state index contributed by atoms with van der Waals surface area (Å²) in [5, 5.41) is 13.3. The Kier molecular flexibility index (Phi) is 5.05. The van der Waals surface area contributed by atoms with Crippen molar-refractivity contribution in [3.05, 3.63) is 65.1 Å². The van der Waals surface area contributed by atoms with Crippen molar-refractivity contribution >= 4 is 29.1 Å². The summed E-state index contributed by atoms with van der Waals surface area (Å²) in [6, 6.07) is 11.5. The number of amides is 1. The summed E-state index contributed by atoms with van der Waals surface area (Å²) < 4.78 is 2.18. The molecule has 1 aliphatic carbocycles. The van der Waals surface area contributed by atoms with Crippen molar-refractivity contribution in [3.63, 3.8) is 0 Å². The van der Waals surface area contributed by atoms with E-state index in [1.54, 1.807) is 17.0 Å². The predicted octanol–water partition coefficient (Wildman–Crippen LogP) is 4.57. The highest BCUT2D eigenvalue weighted by Gasteiger charge is 2.48. The first-order valence-corrected chi connectivity index (χ1v) is 12.3. The van der Waals surface area contributed by atoms with Crippen molar-refractivity contribution in [1.29, 1.82) is 0 Å². The second-order valence-electron chi connectivity index (χ2n) is 9.81. The van der Waals surface area contributed by atoms with E-state index in [1.165, 1.54) is 12.8 Å². The highest BCUT2D eigenvalue weighted by molar-refractivity contribution is 6.22. The number of nitrogens with one attached hydrogen (secondary N) is 1. The third kappa shape index (κ3) is 3.47. The SMILES string of the molecule is Cc1ccc(Cn2c(C)c3c(c2Nc2ccc(O)cc2)C(=O)N(C)C2=NC4CCCCC4N23)cn1. The van der Waals surface area contributed by atoms with Gasteiger partial charge in [0.2, 0.25) is 5.96 Å². The van der Waals surface area contributed by atoms with Crippen LogP contribution in [0.1, 0.15) is 53.0 Å². The molecule has 180 valence electrons. The van der Waals surface area contributed by atoms with E-state index in [2.05, 4.69) is 32.8 Å². The number of aryl methyl sites for hydroxylation is 1. The molecule has 6 rings (SSSR count). The fraction of sp³-hybridized carbons (Fsp3) is 0.370. The van der Waals surface area contributed by atoms with E-state index >= 15 is 0 Å². The minimum absolute atomic E-state index is 0.0567. The quantitative estimate of drug-likeness (QED) is 0.546. The van der Waals surface area contributed by atoms with Gasteiger partial charge in [-0.25, -0.2) is 4.99 Å². The molecule has 2 N–H and O–H groups in total. The maximum absolute atomic E-state index is 13.8. The molecule has 3 aliphatic rings. The summed E-state index contributed by atoms with van der Waals surface area (Å²) in [5.41, 5.74) is 5.50. The van der Waals surface area contributed by atoms with E-state index < -0.39 is 0 Å². The van der Waals surface area contributed by atoms with Crippen LogP contribution in [0, 0.1) is 13.8 Å². The largest absolute Gasteiger partial charge is 0.508 e. The molecule has 2 atom stereocenters. The zero-order valence-corrected chi connectivity index (χ0v) is 20.3. The summed E-state index contributed by atoms with van der Waals surface area (Å²) >= 11 is 0. The predicted molar refractivity (Wildman–Crippen MR) is 137 cm³/mol. The van der Waals surface area contributed by atoms with Crippen LogP contribution < -0.4 is 10.2 Å². The van der Waals surface area contributed by atoms with Gasteiger partial charge in [0.1, 0.15) is 17.1 Å². The lowest BCUT2D eigenvalue weighted by atomic mass is 9.90. The number of aliphatic imine (C=N–C) groups is 1. The summed E-state index contributed by atoms with van der Waals surface area (Å²) in [6.07, 6.45) is 6.40. The van der Waals surface area contributed by atoms with Crippen LogP contribution in [0.3, 0.4) is 0 Å². The summed E-state index contributed by atoms with van der Waals surface area (Å²) in [4.78, 5) is 27.3. The molecule has 4 heterocycles. The second-order valence-corrected chi connectivity index (χ2v) is 9.81. The van der Waals surface area contributed by atoms with Gasteiger partial charge in [0.05, 0.1) is 24.3 Å². The molecule has 0 bridgehead atoms. The minimum atomic E-state index is -0.0567. The van der Waals surface area contributed by atoms with E-state index in [-0.39, 0.29) is 23.7 Å². The molecule has 1 saturated carbocycles. The van der Waals surface area contributed by atoms with Gasteiger partial charge >= 0.3 is 0 Å². The molecular formula is C27H30N6O2. The van der Waals surface area contributed by atoms with Crippen molar-refractivity contribution in [2.75, 3.05) is 17.3 Å². The standard InChI is InChI=1S/C27H30N6O2/c1-16-8-9-18(14-28-16)15-32-17(2)24-23(25(32)29-19-10-12-20(34)13-11-19)26(35)31(3)27-30-21-6-4-5-7-22(21)33(24)27/h8-14,21-22,29,34H,4-7,15H2,1-3H3. The molecule has 0 spiro atoms. The first-order chi connectivity index (χ1) is 16.9. The number of phenolic OH excluding ortho intramolecular Hbond substituents is 1. The third-order valence-electron chi connectivity index (χ3n) is 7.52. The van der Waals surface area contributed by atoms with Crippen molar-refractivity contribution in [2.45, 2.75) is 58.2 Å². The van der Waals surface area contributed by atoms with Crippen molar-refractivity contribution in [3.8, 4) is 5.75 Å². The lowest BCUT2D eigenvalue weighted by Gasteiger charge is -2.38. The number of fused-ring (bicyclic) bond motifs is 5. The number of carbonyl (C=O) groups excluding carboxylic acids is 1. The van der Waals surface area contributed by atoms with Crippen molar-refractivity contribution in [1.82, 2.24) is 14.5 Å². The molecule has 0 saturated heterocycles. The monoisotopic (exact) mass is 470 g/mol. The molecule has 2 unspecified atom stereocenters. The number of hydrogen-bond acceptors (Lipinski definition) is 6. The van der Waals surface area contributed by atoms with E-state index in [0.717, 1.165) is 52.9 Å². The van der Waals surface area contributed by atoms with Crippen LogP contribution in [-0.2, 0) is 6.54 Å². The highest BCUT2D eigenvalue weighted by Crippen LogP contribution is 2.46. The van der Waals surface area contributed by atoms with Crippen LogP contribution in [-0.4, -0.2) is 50.6 Å². The van der Waals surface area contributed by atoms with Crippen LogP contribution in [0.15, 0.2) is 47.6 Å². The summed E-state index contributed by atoms with van der Waals surface area (Å²) in [5.74, 6) is 1.66. The fourth-order valence-corrected chi connectivity index (χ4v) is 5.68. The summed E-state index contributed by atoms with van der Waals surface area (Å²) in [6.45, 7) is 4.65. The Hall–Kier alpha value is -3.81. The van der Waals surface area contributed by atoms with Gasteiger partial charge in [-0.3, -0.25) is 14.7 Å². The molecule has 8 heteroatoms. The van der Waals surface area contributed by atoms with Crippen LogP contribution >= 0.6 is 0 Å². The number of phenols is 1. The van der Waals surface area contributed by atoms with Gasteiger partial charge in [0.15, 0.2) is 0 Å². The van der Waals surface area contributed by atoms with Gasteiger partial charge in [0.25, 0.3) is 5.91 Å². The van der Waals surface area contributed by atoms with Gasteiger partial charge < -0.3 is 19.9 Å². The maximum Gasteiger partial charge on any atom is 0.266 e. The van der Waals surface area contributed by atoms with Gasteiger partial charge in [-0.2, -0.15) is 0 Å². The minimum Gasteiger partial charge on any atom is -0.508 e. The number of guanidine groups is 1. The number of rotatable bonds is 4. The topological polar surface area (TPSA) is 86.0 Å². The Morgan fingerprint density at radius 2 is 1.86 bits per heavy atom. The van der Waals surface area contributed by atoms with E-state index in [0.29, 0.717) is 12.1 Å². The number of aromatic nitrogens is 2. The Balaban J connectivity index is 1.52. The van der Waals surface area contributed by atoms with E-state index in [4.69, 9.17) is 4.99 Å². The van der Waals surface area contributed by atoms with E-state index in [1.807, 2.05) is 38.4 Å². The molecule has 35 heavy (non-hydrogen) atoms. The average molecular weight is 471 g/mol. The van der Waals surface area contributed by atoms with Crippen LogP contribution in [0.5, 0.6) is 5.75 Å². The molecule has 3 aromatic rings. The molecule has 2 aliphatic heterocycles. The van der Waals surface area contributed by atoms with Crippen LogP contribution in [0.4, 0.5) is 17.2 Å². The number of aromatic hydroxyl groups is 1. The Labute approximate surface area is 204 Å². The average Bonchev–Trinajstić information content (AvgIpc) is 3.36. The van der Waals surface area contributed by atoms with E-state index in [9.17, 15) is 9.90 Å². The molecule has 8 nitrogen and oxygen atoms in total. The zero-order chi connectivity index (χ0) is 24.3. The Morgan fingerprint density at radius 3 is 2.60 bits per heavy atom. The lowest BCUT2D eigenvalue weighted by Crippen LogP contribution is -2.52. The second kappa shape index (κ2) is 8.15. The number of nitrogens with zero attached hydrogens (tertiary/aromatic N) is 5. The lowest BCUT2D eigenvalue weighted by molar-refractivity contribution is 0.0866. The number of carbonyl (C=O) groups is 1. The molecule has 1 aromatic carbocycles. The normalized spacial score (nSPS) is 20.9. The molecule has 1 amide bonds. The number of pyridine rings is 1. The smallest absolute Gasteiger partial charge is 0.266 e. The highest BCUT2D eigenvalue weighted by atomic mass is 16.3. The zero-order valence-electron chi connectivity index (χ0n) is 20.3. The third-order valence-corrected chi connectivity index (χ3v) is 7.52. The summed E-state index contributed by atoms with van der Waals surface area (Å²) in [7, 11) is 1.83. The van der Waals surface area contributed by atoms with Gasteiger partial charge in [0, 0.05) is 30.3 Å². The molecule has 1 fully saturated rings. The number of anilines is 3. The van der Waals surface area contributed by atoms with Crippen molar-refractivity contribution < 1.29 is 9.90 Å². The first kappa shape index (κ1) is 21.7. The van der Waals surface area contributed by atoms with Crippen LogP contribution in [0.2, 0.25) is 0 Å². The van der Waals surface area contributed by atoms with Crippen LogP contribution in [0.25, 0.3) is 0 Å². The van der Waals surface area contributed by atoms with Gasteiger partial charge in [-0.05, 0) is 62.6 Å².